The molecule has 3 nitrogen and oxygen atoms in total. The number of benzene rings is 1. The molecule has 1 N–H and O–H groups in total. The molecule has 1 atom stereocenters. The van der Waals surface area contributed by atoms with Crippen molar-refractivity contribution in [1.82, 2.24) is 4.98 Å². The summed E-state index contributed by atoms with van der Waals surface area (Å²) in [4.78, 5) is 3.57. The lowest BCUT2D eigenvalue weighted by Crippen LogP contribution is -2.21. The smallest absolute Gasteiger partial charge is 0.420 e. The van der Waals surface area contributed by atoms with E-state index in [1.54, 1.807) is 0 Å². The van der Waals surface area contributed by atoms with Gasteiger partial charge in [0.25, 0.3) is 0 Å². The predicted octanol–water partition coefficient (Wildman–Crippen LogP) is 3.61. The van der Waals surface area contributed by atoms with Gasteiger partial charge in [-0.2, -0.15) is 13.2 Å². The van der Waals surface area contributed by atoms with Crippen LogP contribution in [0.3, 0.4) is 0 Å². The summed E-state index contributed by atoms with van der Waals surface area (Å²) in [5.41, 5.74) is -0.572. The fraction of sp³-hybridized carbons (Fsp3) is 0.154. The number of alkyl halides is 3. The van der Waals surface area contributed by atoms with E-state index in [0.29, 0.717) is 0 Å². The van der Waals surface area contributed by atoms with Gasteiger partial charge in [0.1, 0.15) is 11.6 Å². The van der Waals surface area contributed by atoms with Crippen LogP contribution in [0, 0.1) is 5.82 Å². The molecule has 0 bridgehead atoms. The largest absolute Gasteiger partial charge is 0.439 e. The van der Waals surface area contributed by atoms with E-state index in [-0.39, 0.29) is 11.6 Å². The lowest BCUT2D eigenvalue weighted by molar-refractivity contribution is -0.208. The number of hydrogen-bond donors (Lipinski definition) is 1. The van der Waals surface area contributed by atoms with E-state index in [9.17, 15) is 17.6 Å². The highest BCUT2D eigenvalue weighted by Crippen LogP contribution is 2.32. The second-order valence-corrected chi connectivity index (χ2v) is 3.90. The van der Waals surface area contributed by atoms with Crippen LogP contribution in [0.4, 0.5) is 17.6 Å². The first-order chi connectivity index (χ1) is 9.36. The molecule has 106 valence electrons. The molecular formula is C13H9F4NO2. The van der Waals surface area contributed by atoms with E-state index in [2.05, 4.69) is 4.98 Å². The van der Waals surface area contributed by atoms with E-state index in [4.69, 9.17) is 9.84 Å². The molecule has 0 aliphatic carbocycles. The molecule has 7 heteroatoms. The summed E-state index contributed by atoms with van der Waals surface area (Å²) in [6, 6.07) is 8.54. The van der Waals surface area contributed by atoms with E-state index in [1.807, 2.05) is 0 Å². The number of aromatic nitrogens is 1. The van der Waals surface area contributed by atoms with Crippen LogP contribution >= 0.6 is 0 Å². The Labute approximate surface area is 111 Å². The predicted molar refractivity (Wildman–Crippen MR) is 61.7 cm³/mol. The summed E-state index contributed by atoms with van der Waals surface area (Å²) < 4.78 is 55.0. The van der Waals surface area contributed by atoms with Gasteiger partial charge in [-0.25, -0.2) is 9.37 Å². The third-order valence-corrected chi connectivity index (χ3v) is 2.37. The van der Waals surface area contributed by atoms with Crippen molar-refractivity contribution in [3.8, 4) is 11.6 Å². The third-order valence-electron chi connectivity index (χ3n) is 2.37. The Hall–Kier alpha value is -2.15. The van der Waals surface area contributed by atoms with E-state index in [0.717, 1.165) is 18.2 Å². The molecule has 0 fully saturated rings. The molecule has 0 aliphatic rings. The molecule has 0 radical (unpaired) electrons. The lowest BCUT2D eigenvalue weighted by atomic mass is 10.2. The first-order valence-corrected chi connectivity index (χ1v) is 5.51. The Morgan fingerprint density at radius 2 is 1.70 bits per heavy atom. The van der Waals surface area contributed by atoms with Crippen molar-refractivity contribution in [3.05, 3.63) is 54.0 Å². The molecule has 20 heavy (non-hydrogen) atoms. The standard InChI is InChI=1S/C13H9F4NO2/c14-8-4-6-9(7-5-8)20-11-3-1-2-10(18-11)12(19)13(15,16)17/h1-7,12,19H. The molecule has 1 aromatic heterocycles. The second kappa shape index (κ2) is 5.46. The molecular weight excluding hydrogens is 278 g/mol. The lowest BCUT2D eigenvalue weighted by Gasteiger charge is -2.14. The Bertz CT molecular complexity index is 584. The van der Waals surface area contributed by atoms with Gasteiger partial charge in [0.05, 0.1) is 5.69 Å². The summed E-state index contributed by atoms with van der Waals surface area (Å²) in [6.07, 6.45) is -7.49. The summed E-state index contributed by atoms with van der Waals surface area (Å²) in [5.74, 6) is -0.374. The SMILES string of the molecule is OC(c1cccc(Oc2ccc(F)cc2)n1)C(F)(F)F. The van der Waals surface area contributed by atoms with Gasteiger partial charge in [-0.05, 0) is 30.3 Å². The molecule has 1 aromatic carbocycles. The van der Waals surface area contributed by atoms with Gasteiger partial charge in [0.2, 0.25) is 5.88 Å². The van der Waals surface area contributed by atoms with E-state index < -0.39 is 23.8 Å². The first-order valence-electron chi connectivity index (χ1n) is 5.51. The summed E-state index contributed by atoms with van der Waals surface area (Å²) >= 11 is 0. The summed E-state index contributed by atoms with van der Waals surface area (Å²) in [7, 11) is 0. The average molecular weight is 287 g/mol. The fourth-order valence-electron chi connectivity index (χ4n) is 1.43. The normalized spacial score (nSPS) is 13.1. The van der Waals surface area contributed by atoms with Gasteiger partial charge in [-0.1, -0.05) is 6.07 Å². The third kappa shape index (κ3) is 3.45. The van der Waals surface area contributed by atoms with Crippen LogP contribution in [-0.2, 0) is 0 Å². The Morgan fingerprint density at radius 3 is 2.30 bits per heavy atom. The number of rotatable bonds is 3. The van der Waals surface area contributed by atoms with Crippen molar-refractivity contribution >= 4 is 0 Å². The number of nitrogens with zero attached hydrogens (tertiary/aromatic N) is 1. The van der Waals surface area contributed by atoms with Crippen LogP contribution in [0.1, 0.15) is 11.8 Å². The van der Waals surface area contributed by atoms with Crippen LogP contribution < -0.4 is 4.74 Å². The Kier molecular flexibility index (Phi) is 3.89. The zero-order valence-electron chi connectivity index (χ0n) is 9.93. The minimum absolute atomic E-state index is 0.127. The van der Waals surface area contributed by atoms with Crippen LogP contribution in [-0.4, -0.2) is 16.3 Å². The maximum Gasteiger partial charge on any atom is 0.420 e. The number of aliphatic hydroxyl groups excluding tert-OH is 1. The van der Waals surface area contributed by atoms with Crippen LogP contribution in [0.2, 0.25) is 0 Å². The number of halogens is 4. The van der Waals surface area contributed by atoms with Crippen LogP contribution in [0.25, 0.3) is 0 Å². The highest BCUT2D eigenvalue weighted by molar-refractivity contribution is 5.28. The maximum atomic E-state index is 12.7. The zero-order chi connectivity index (χ0) is 14.8. The minimum atomic E-state index is -4.80. The van der Waals surface area contributed by atoms with Crippen LogP contribution in [0.15, 0.2) is 42.5 Å². The van der Waals surface area contributed by atoms with E-state index in [1.165, 1.54) is 24.3 Å². The monoisotopic (exact) mass is 287 g/mol. The highest BCUT2D eigenvalue weighted by Gasteiger charge is 2.40. The van der Waals surface area contributed by atoms with Gasteiger partial charge >= 0.3 is 6.18 Å². The molecule has 0 saturated heterocycles. The molecule has 1 heterocycles. The van der Waals surface area contributed by atoms with E-state index >= 15 is 0 Å². The second-order valence-electron chi connectivity index (χ2n) is 3.90. The van der Waals surface area contributed by atoms with Gasteiger partial charge in [-0.3, -0.25) is 0 Å². The maximum absolute atomic E-state index is 12.7. The summed E-state index contributed by atoms with van der Waals surface area (Å²) in [6.45, 7) is 0. The Morgan fingerprint density at radius 1 is 1.05 bits per heavy atom. The molecule has 1 unspecified atom stereocenters. The highest BCUT2D eigenvalue weighted by atomic mass is 19.4. The van der Waals surface area contributed by atoms with Crippen molar-refractivity contribution in [2.24, 2.45) is 0 Å². The molecule has 0 aliphatic heterocycles. The first kappa shape index (κ1) is 14.3. The van der Waals surface area contributed by atoms with Crippen molar-refractivity contribution in [2.45, 2.75) is 12.3 Å². The minimum Gasteiger partial charge on any atom is -0.439 e. The van der Waals surface area contributed by atoms with Gasteiger partial charge in [-0.15, -0.1) is 0 Å². The molecule has 0 spiro atoms. The van der Waals surface area contributed by atoms with Gasteiger partial charge < -0.3 is 9.84 Å². The molecule has 2 aromatic rings. The molecule has 2 rings (SSSR count). The topological polar surface area (TPSA) is 42.4 Å². The number of hydrogen-bond acceptors (Lipinski definition) is 3. The Balaban J connectivity index is 2.20. The number of aliphatic hydroxyl groups is 1. The molecule has 0 saturated carbocycles. The van der Waals surface area contributed by atoms with Crippen molar-refractivity contribution in [3.63, 3.8) is 0 Å². The summed E-state index contributed by atoms with van der Waals surface area (Å²) in [5, 5.41) is 9.09. The zero-order valence-corrected chi connectivity index (χ0v) is 9.93. The van der Waals surface area contributed by atoms with Crippen molar-refractivity contribution in [2.75, 3.05) is 0 Å². The van der Waals surface area contributed by atoms with Crippen molar-refractivity contribution < 1.29 is 27.4 Å². The van der Waals surface area contributed by atoms with Crippen LogP contribution in [0.5, 0.6) is 11.6 Å². The fourth-order valence-corrected chi connectivity index (χ4v) is 1.43. The number of ether oxygens (including phenoxy) is 1. The quantitative estimate of drug-likeness (QED) is 0.877. The number of pyridine rings is 1. The average Bonchev–Trinajstić information content (AvgIpc) is 2.40. The van der Waals surface area contributed by atoms with Gasteiger partial charge in [0.15, 0.2) is 6.10 Å². The van der Waals surface area contributed by atoms with Gasteiger partial charge in [0, 0.05) is 6.07 Å². The van der Waals surface area contributed by atoms with Crippen molar-refractivity contribution in [1.29, 1.82) is 0 Å². The molecule has 0 amide bonds.